The summed E-state index contributed by atoms with van der Waals surface area (Å²) in [6, 6.07) is 15.1. The van der Waals surface area contributed by atoms with Crippen molar-refractivity contribution < 1.29 is 19.1 Å². The van der Waals surface area contributed by atoms with Crippen LogP contribution < -0.4 is 10.1 Å². The predicted octanol–water partition coefficient (Wildman–Crippen LogP) is 4.39. The molecule has 0 aromatic heterocycles. The molecule has 0 saturated heterocycles. The number of ether oxygens (including phenoxy) is 2. The van der Waals surface area contributed by atoms with Crippen LogP contribution in [0, 0.1) is 12.3 Å². The molecule has 1 atom stereocenters. The highest BCUT2D eigenvalue weighted by atomic mass is 16.5. The molecule has 0 saturated carbocycles. The summed E-state index contributed by atoms with van der Waals surface area (Å²) in [5.74, 6) is 3.02. The van der Waals surface area contributed by atoms with Crippen molar-refractivity contribution in [2.24, 2.45) is 0 Å². The second-order valence-corrected chi connectivity index (χ2v) is 8.05. The van der Waals surface area contributed by atoms with Gasteiger partial charge in [0, 0.05) is 41.3 Å². The molecule has 0 fully saturated rings. The average molecular weight is 428 g/mol. The first-order valence-electron chi connectivity index (χ1n) is 10.6. The lowest BCUT2D eigenvalue weighted by Crippen LogP contribution is -2.31. The van der Waals surface area contributed by atoms with Gasteiger partial charge < -0.3 is 14.8 Å². The highest BCUT2D eigenvalue weighted by molar-refractivity contribution is 6.01. The van der Waals surface area contributed by atoms with Gasteiger partial charge in [-0.3, -0.25) is 4.79 Å². The largest absolute Gasteiger partial charge is 0.496 e. The molecule has 0 radical (unpaired) electrons. The Labute approximate surface area is 188 Å². The van der Waals surface area contributed by atoms with Gasteiger partial charge in [0.2, 0.25) is 0 Å². The topological polar surface area (TPSA) is 64.6 Å². The van der Waals surface area contributed by atoms with Crippen molar-refractivity contribution in [1.29, 1.82) is 0 Å². The number of methoxy groups -OCH3 is 1. The number of rotatable bonds is 5. The number of Topliss-reactive ketones (excluding diaryl/α,β-unsaturated/α-hetero) is 1. The van der Waals surface area contributed by atoms with Crippen molar-refractivity contribution in [3.8, 4) is 18.1 Å². The number of para-hydroxylation sites is 1. The molecule has 2 aromatic carbocycles. The number of benzene rings is 2. The van der Waals surface area contributed by atoms with Crippen LogP contribution in [0.2, 0.25) is 0 Å². The van der Waals surface area contributed by atoms with Crippen LogP contribution in [0.5, 0.6) is 5.75 Å². The molecular weight excluding hydrogens is 402 g/mol. The molecule has 1 N–H and O–H groups in total. The van der Waals surface area contributed by atoms with Gasteiger partial charge in [-0.15, -0.1) is 6.42 Å². The maximum Gasteiger partial charge on any atom is 0.336 e. The van der Waals surface area contributed by atoms with Crippen LogP contribution >= 0.6 is 0 Å². The first kappa shape index (κ1) is 21.5. The van der Waals surface area contributed by atoms with Crippen LogP contribution in [0.25, 0.3) is 0 Å². The minimum Gasteiger partial charge on any atom is -0.496 e. The predicted molar refractivity (Wildman–Crippen MR) is 122 cm³/mol. The van der Waals surface area contributed by atoms with E-state index >= 15 is 0 Å². The summed E-state index contributed by atoms with van der Waals surface area (Å²) >= 11 is 0. The normalized spacial score (nSPS) is 17.9. The fourth-order valence-corrected chi connectivity index (χ4v) is 4.34. The van der Waals surface area contributed by atoms with Crippen molar-refractivity contribution in [2.75, 3.05) is 7.11 Å². The molecule has 0 bridgehead atoms. The number of ketones is 1. The second kappa shape index (κ2) is 9.15. The highest BCUT2D eigenvalue weighted by Crippen LogP contribution is 2.41. The van der Waals surface area contributed by atoms with Gasteiger partial charge in [-0.25, -0.2) is 4.79 Å². The standard InChI is InChI=1S/C27H25NO4/c1-4-18-8-7-9-19(12-18)16-32-27(30)22-15-23-24(28-17(22)2)13-20(14-25(23)29)21-10-5-6-11-26(21)31-3/h1,5-12,20,28H,13-16H2,2-3H3/t20-/m1/s1. The number of allylic oxidation sites excluding steroid dienone is 3. The summed E-state index contributed by atoms with van der Waals surface area (Å²) in [4.78, 5) is 25.8. The van der Waals surface area contributed by atoms with Gasteiger partial charge in [0.1, 0.15) is 12.4 Å². The fourth-order valence-electron chi connectivity index (χ4n) is 4.34. The first-order chi connectivity index (χ1) is 15.5. The van der Waals surface area contributed by atoms with Crippen molar-refractivity contribution >= 4 is 11.8 Å². The van der Waals surface area contributed by atoms with E-state index in [2.05, 4.69) is 11.2 Å². The summed E-state index contributed by atoms with van der Waals surface area (Å²) in [5, 5.41) is 3.30. The molecule has 2 aliphatic rings. The van der Waals surface area contributed by atoms with Gasteiger partial charge in [0.25, 0.3) is 0 Å². The first-order valence-corrected chi connectivity index (χ1v) is 10.6. The molecule has 2 aromatic rings. The minimum atomic E-state index is -0.424. The summed E-state index contributed by atoms with van der Waals surface area (Å²) in [6.07, 6.45) is 6.80. The molecule has 162 valence electrons. The van der Waals surface area contributed by atoms with Crippen LogP contribution in [-0.4, -0.2) is 18.9 Å². The van der Waals surface area contributed by atoms with E-state index in [0.29, 0.717) is 24.0 Å². The van der Waals surface area contributed by atoms with E-state index in [1.807, 2.05) is 55.5 Å². The average Bonchev–Trinajstić information content (AvgIpc) is 2.82. The number of esters is 1. The van der Waals surface area contributed by atoms with Crippen LogP contribution in [0.1, 0.15) is 48.8 Å². The van der Waals surface area contributed by atoms with E-state index in [-0.39, 0.29) is 24.7 Å². The van der Waals surface area contributed by atoms with E-state index in [4.69, 9.17) is 15.9 Å². The second-order valence-electron chi connectivity index (χ2n) is 8.05. The molecule has 1 aliphatic carbocycles. The maximum absolute atomic E-state index is 13.0. The number of hydrogen-bond donors (Lipinski definition) is 1. The Morgan fingerprint density at radius 3 is 2.78 bits per heavy atom. The van der Waals surface area contributed by atoms with E-state index in [1.54, 1.807) is 7.11 Å². The van der Waals surface area contributed by atoms with Gasteiger partial charge >= 0.3 is 5.97 Å². The van der Waals surface area contributed by atoms with Crippen molar-refractivity contribution in [3.05, 3.63) is 87.8 Å². The van der Waals surface area contributed by atoms with Crippen LogP contribution in [0.15, 0.2) is 71.1 Å². The lowest BCUT2D eigenvalue weighted by atomic mass is 9.78. The Morgan fingerprint density at radius 1 is 1.19 bits per heavy atom. The molecule has 32 heavy (non-hydrogen) atoms. The molecule has 0 amide bonds. The Bertz CT molecular complexity index is 1180. The molecule has 1 heterocycles. The number of hydrogen-bond acceptors (Lipinski definition) is 5. The number of dihydropyridines is 1. The third kappa shape index (κ3) is 4.31. The van der Waals surface area contributed by atoms with Gasteiger partial charge in [-0.05, 0) is 42.7 Å². The Balaban J connectivity index is 1.47. The third-order valence-electron chi connectivity index (χ3n) is 6.02. The third-order valence-corrected chi connectivity index (χ3v) is 6.02. The monoisotopic (exact) mass is 427 g/mol. The van der Waals surface area contributed by atoms with Gasteiger partial charge in [0.05, 0.1) is 12.7 Å². The zero-order valence-electron chi connectivity index (χ0n) is 18.2. The summed E-state index contributed by atoms with van der Waals surface area (Å²) in [6.45, 7) is 1.97. The lowest BCUT2D eigenvalue weighted by molar-refractivity contribution is -0.140. The Morgan fingerprint density at radius 2 is 2.00 bits per heavy atom. The van der Waals surface area contributed by atoms with Gasteiger partial charge in [0.15, 0.2) is 5.78 Å². The molecule has 0 unspecified atom stereocenters. The van der Waals surface area contributed by atoms with E-state index in [1.165, 1.54) is 0 Å². The van der Waals surface area contributed by atoms with Crippen molar-refractivity contribution in [2.45, 2.75) is 38.7 Å². The summed E-state index contributed by atoms with van der Waals surface area (Å²) < 4.78 is 11.0. The highest BCUT2D eigenvalue weighted by Gasteiger charge is 2.34. The van der Waals surface area contributed by atoms with Crippen LogP contribution in [-0.2, 0) is 20.9 Å². The minimum absolute atomic E-state index is 0.0367. The summed E-state index contributed by atoms with van der Waals surface area (Å²) in [7, 11) is 1.64. The van der Waals surface area contributed by atoms with Crippen LogP contribution in [0.3, 0.4) is 0 Å². The molecule has 5 heteroatoms. The van der Waals surface area contributed by atoms with Crippen molar-refractivity contribution in [1.82, 2.24) is 5.32 Å². The molecule has 0 spiro atoms. The Hall–Kier alpha value is -3.78. The lowest BCUT2D eigenvalue weighted by Gasteiger charge is -2.32. The smallest absolute Gasteiger partial charge is 0.336 e. The van der Waals surface area contributed by atoms with Crippen LogP contribution in [0.4, 0.5) is 0 Å². The Kier molecular flexibility index (Phi) is 6.13. The number of terminal acetylenes is 1. The molecule has 1 aliphatic heterocycles. The summed E-state index contributed by atoms with van der Waals surface area (Å²) in [5.41, 5.74) is 5.35. The zero-order valence-corrected chi connectivity index (χ0v) is 18.2. The van der Waals surface area contributed by atoms with E-state index < -0.39 is 5.97 Å². The number of nitrogens with one attached hydrogen (secondary N) is 1. The number of carbonyl (C=O) groups is 2. The molecular formula is C27H25NO4. The zero-order chi connectivity index (χ0) is 22.7. The number of carbonyl (C=O) groups excluding carboxylic acids is 2. The molecule has 4 rings (SSSR count). The molecule has 5 nitrogen and oxygen atoms in total. The van der Waals surface area contributed by atoms with E-state index in [9.17, 15) is 9.59 Å². The SMILES string of the molecule is C#Cc1cccc(COC(=O)C2=C(C)NC3=C(C2)C(=O)C[C@H](c2ccccc2OC)C3)c1. The van der Waals surface area contributed by atoms with E-state index in [0.717, 1.165) is 33.8 Å². The van der Waals surface area contributed by atoms with Gasteiger partial charge in [-0.2, -0.15) is 0 Å². The maximum atomic E-state index is 13.0. The van der Waals surface area contributed by atoms with Gasteiger partial charge in [-0.1, -0.05) is 36.3 Å². The van der Waals surface area contributed by atoms with Crippen molar-refractivity contribution in [3.63, 3.8) is 0 Å². The fraction of sp³-hybridized carbons (Fsp3) is 0.259. The quantitative estimate of drug-likeness (QED) is 0.566.